The molecule has 2 N–H and O–H groups in total. The molecule has 0 radical (unpaired) electrons. The third-order valence-electron chi connectivity index (χ3n) is 2.82. The zero-order valence-corrected chi connectivity index (χ0v) is 10.8. The van der Waals surface area contributed by atoms with Gasteiger partial charge in [0, 0.05) is 23.9 Å². The first-order valence-corrected chi connectivity index (χ1v) is 6.13. The summed E-state index contributed by atoms with van der Waals surface area (Å²) in [6.07, 6.45) is 2.14. The molecule has 0 spiro atoms. The number of aryl methyl sites for hydroxylation is 2. The lowest BCUT2D eigenvalue weighted by Gasteiger charge is -2.18. The van der Waals surface area contributed by atoms with Crippen LogP contribution in [0.15, 0.2) is 6.07 Å². The highest BCUT2D eigenvalue weighted by molar-refractivity contribution is 5.13. The van der Waals surface area contributed by atoms with E-state index in [2.05, 4.69) is 36.8 Å². The van der Waals surface area contributed by atoms with E-state index in [9.17, 15) is 0 Å². The standard InChI is InChI=1S/C13H23N3/c1-5-6-11-7-10(4)15-13(16-11)12(8-14)9(2)3/h7,9,12H,5-6,8,14H2,1-4H3. The van der Waals surface area contributed by atoms with Gasteiger partial charge < -0.3 is 5.73 Å². The average molecular weight is 221 g/mol. The van der Waals surface area contributed by atoms with Crippen LogP contribution in [0.25, 0.3) is 0 Å². The maximum atomic E-state index is 5.80. The van der Waals surface area contributed by atoms with Gasteiger partial charge in [-0.3, -0.25) is 0 Å². The lowest BCUT2D eigenvalue weighted by Crippen LogP contribution is -2.21. The van der Waals surface area contributed by atoms with Crippen molar-refractivity contribution in [1.29, 1.82) is 0 Å². The molecule has 0 aliphatic rings. The van der Waals surface area contributed by atoms with E-state index in [-0.39, 0.29) is 5.92 Å². The van der Waals surface area contributed by atoms with Gasteiger partial charge in [0.15, 0.2) is 0 Å². The van der Waals surface area contributed by atoms with Crippen LogP contribution in [0.2, 0.25) is 0 Å². The Bertz CT molecular complexity index is 334. The van der Waals surface area contributed by atoms with Crippen molar-refractivity contribution < 1.29 is 0 Å². The molecule has 1 aromatic rings. The minimum absolute atomic E-state index is 0.274. The summed E-state index contributed by atoms with van der Waals surface area (Å²) in [6.45, 7) is 9.15. The molecule has 0 amide bonds. The van der Waals surface area contributed by atoms with Crippen molar-refractivity contribution in [3.63, 3.8) is 0 Å². The molecule has 1 unspecified atom stereocenters. The van der Waals surface area contributed by atoms with Crippen LogP contribution in [0.3, 0.4) is 0 Å². The van der Waals surface area contributed by atoms with Crippen LogP contribution in [0.5, 0.6) is 0 Å². The third kappa shape index (κ3) is 3.27. The highest BCUT2D eigenvalue weighted by Crippen LogP contribution is 2.20. The Morgan fingerprint density at radius 2 is 2.00 bits per heavy atom. The van der Waals surface area contributed by atoms with Gasteiger partial charge in [0.1, 0.15) is 5.82 Å². The summed E-state index contributed by atoms with van der Waals surface area (Å²) in [6, 6.07) is 2.07. The van der Waals surface area contributed by atoms with E-state index in [1.54, 1.807) is 0 Å². The largest absolute Gasteiger partial charge is 0.330 e. The molecule has 0 fully saturated rings. The normalized spacial score (nSPS) is 13.1. The van der Waals surface area contributed by atoms with Gasteiger partial charge >= 0.3 is 0 Å². The monoisotopic (exact) mass is 221 g/mol. The topological polar surface area (TPSA) is 51.8 Å². The minimum atomic E-state index is 0.274. The summed E-state index contributed by atoms with van der Waals surface area (Å²) in [7, 11) is 0. The zero-order chi connectivity index (χ0) is 12.1. The molecular weight excluding hydrogens is 198 g/mol. The maximum Gasteiger partial charge on any atom is 0.133 e. The van der Waals surface area contributed by atoms with Gasteiger partial charge in [-0.2, -0.15) is 0 Å². The Balaban J connectivity index is 3.02. The van der Waals surface area contributed by atoms with Crippen LogP contribution in [-0.2, 0) is 6.42 Å². The Kier molecular flexibility index (Phi) is 4.87. The van der Waals surface area contributed by atoms with Crippen LogP contribution in [0.4, 0.5) is 0 Å². The highest BCUT2D eigenvalue weighted by atomic mass is 14.9. The minimum Gasteiger partial charge on any atom is -0.330 e. The molecule has 1 heterocycles. The van der Waals surface area contributed by atoms with Crippen LogP contribution < -0.4 is 5.73 Å². The smallest absolute Gasteiger partial charge is 0.133 e. The van der Waals surface area contributed by atoms with Crippen LogP contribution in [0.1, 0.15) is 50.3 Å². The van der Waals surface area contributed by atoms with E-state index < -0.39 is 0 Å². The number of nitrogens with two attached hydrogens (primary N) is 1. The second kappa shape index (κ2) is 5.94. The first kappa shape index (κ1) is 13.1. The number of hydrogen-bond acceptors (Lipinski definition) is 3. The molecule has 1 aromatic heterocycles. The van der Waals surface area contributed by atoms with Gasteiger partial charge in [0.25, 0.3) is 0 Å². The van der Waals surface area contributed by atoms with Gasteiger partial charge in [-0.15, -0.1) is 0 Å². The van der Waals surface area contributed by atoms with Crippen molar-refractivity contribution >= 4 is 0 Å². The van der Waals surface area contributed by atoms with Crippen molar-refractivity contribution in [2.75, 3.05) is 6.54 Å². The molecule has 1 rings (SSSR count). The molecule has 0 aliphatic heterocycles. The molecule has 90 valence electrons. The zero-order valence-electron chi connectivity index (χ0n) is 10.8. The molecule has 3 nitrogen and oxygen atoms in total. The molecule has 0 bridgehead atoms. The molecule has 0 aromatic carbocycles. The van der Waals surface area contributed by atoms with E-state index in [1.807, 2.05) is 6.92 Å². The van der Waals surface area contributed by atoms with Gasteiger partial charge in [-0.25, -0.2) is 9.97 Å². The second-order valence-electron chi connectivity index (χ2n) is 4.70. The van der Waals surface area contributed by atoms with Gasteiger partial charge in [0.2, 0.25) is 0 Å². The number of hydrogen-bond donors (Lipinski definition) is 1. The summed E-state index contributed by atoms with van der Waals surface area (Å²) < 4.78 is 0. The van der Waals surface area contributed by atoms with Crippen molar-refractivity contribution in [3.8, 4) is 0 Å². The average Bonchev–Trinajstić information content (AvgIpc) is 2.17. The van der Waals surface area contributed by atoms with Crippen molar-refractivity contribution in [2.24, 2.45) is 11.7 Å². The Labute approximate surface area is 98.5 Å². The van der Waals surface area contributed by atoms with E-state index in [1.165, 1.54) is 0 Å². The number of nitrogens with zero attached hydrogens (tertiary/aromatic N) is 2. The molecule has 3 heteroatoms. The van der Waals surface area contributed by atoms with Crippen LogP contribution >= 0.6 is 0 Å². The predicted octanol–water partition coefficient (Wildman–Crippen LogP) is 2.44. The molecule has 16 heavy (non-hydrogen) atoms. The predicted molar refractivity (Wildman–Crippen MR) is 67.4 cm³/mol. The lowest BCUT2D eigenvalue weighted by atomic mass is 9.95. The number of rotatable bonds is 5. The Morgan fingerprint density at radius 3 is 2.50 bits per heavy atom. The SMILES string of the molecule is CCCc1cc(C)nc(C(CN)C(C)C)n1. The lowest BCUT2D eigenvalue weighted by molar-refractivity contribution is 0.480. The summed E-state index contributed by atoms with van der Waals surface area (Å²) in [4.78, 5) is 9.14. The van der Waals surface area contributed by atoms with Gasteiger partial charge in [-0.1, -0.05) is 27.2 Å². The summed E-state index contributed by atoms with van der Waals surface area (Å²) in [5.41, 5.74) is 7.99. The molecule has 0 saturated carbocycles. The first-order valence-electron chi connectivity index (χ1n) is 6.13. The summed E-state index contributed by atoms with van der Waals surface area (Å²) in [5, 5.41) is 0. The van der Waals surface area contributed by atoms with Gasteiger partial charge in [0.05, 0.1) is 0 Å². The molecule has 0 saturated heterocycles. The fraction of sp³-hybridized carbons (Fsp3) is 0.692. The van der Waals surface area contributed by atoms with Crippen LogP contribution in [0, 0.1) is 12.8 Å². The Hall–Kier alpha value is -0.960. The van der Waals surface area contributed by atoms with E-state index in [0.29, 0.717) is 12.5 Å². The maximum absolute atomic E-state index is 5.80. The van der Waals surface area contributed by atoms with Crippen LogP contribution in [-0.4, -0.2) is 16.5 Å². The highest BCUT2D eigenvalue weighted by Gasteiger charge is 2.17. The van der Waals surface area contributed by atoms with E-state index >= 15 is 0 Å². The van der Waals surface area contributed by atoms with Gasteiger partial charge in [-0.05, 0) is 25.3 Å². The molecular formula is C13H23N3. The summed E-state index contributed by atoms with van der Waals surface area (Å²) >= 11 is 0. The van der Waals surface area contributed by atoms with Crippen molar-refractivity contribution in [1.82, 2.24) is 9.97 Å². The first-order chi connectivity index (χ1) is 7.58. The van der Waals surface area contributed by atoms with E-state index in [0.717, 1.165) is 30.1 Å². The third-order valence-corrected chi connectivity index (χ3v) is 2.82. The van der Waals surface area contributed by atoms with Crippen molar-refractivity contribution in [3.05, 3.63) is 23.3 Å². The fourth-order valence-electron chi connectivity index (χ4n) is 1.88. The second-order valence-corrected chi connectivity index (χ2v) is 4.70. The number of aromatic nitrogens is 2. The summed E-state index contributed by atoms with van der Waals surface area (Å²) in [5.74, 6) is 1.68. The quantitative estimate of drug-likeness (QED) is 0.831. The molecule has 1 atom stereocenters. The van der Waals surface area contributed by atoms with Crippen molar-refractivity contribution in [2.45, 2.75) is 46.5 Å². The molecule has 0 aliphatic carbocycles. The van der Waals surface area contributed by atoms with E-state index in [4.69, 9.17) is 5.73 Å². The fourth-order valence-corrected chi connectivity index (χ4v) is 1.88. The Morgan fingerprint density at radius 1 is 1.31 bits per heavy atom.